The van der Waals surface area contributed by atoms with Crippen molar-refractivity contribution in [3.63, 3.8) is 0 Å². The fourth-order valence-corrected chi connectivity index (χ4v) is 8.62. The van der Waals surface area contributed by atoms with Gasteiger partial charge in [-0.25, -0.2) is 0 Å². The molecule has 9 heteroatoms. The predicted molar refractivity (Wildman–Crippen MR) is 139 cm³/mol. The Balaban J connectivity index is 1.13. The minimum absolute atomic E-state index is 0.00728. The molecule has 1 aromatic carbocycles. The lowest BCUT2D eigenvalue weighted by atomic mass is 9.46. The van der Waals surface area contributed by atoms with Gasteiger partial charge in [-0.2, -0.15) is 4.68 Å². The number of carbonyl (C=O) groups is 1. The molecule has 8 nitrogen and oxygen atoms in total. The van der Waals surface area contributed by atoms with Crippen LogP contribution in [0.5, 0.6) is 0 Å². The van der Waals surface area contributed by atoms with Gasteiger partial charge in [-0.3, -0.25) is 9.69 Å². The van der Waals surface area contributed by atoms with Crippen molar-refractivity contribution >= 4 is 27.7 Å². The summed E-state index contributed by atoms with van der Waals surface area (Å²) >= 11 is 3.34. The van der Waals surface area contributed by atoms with Crippen LogP contribution in [0.25, 0.3) is 0 Å². The van der Waals surface area contributed by atoms with E-state index in [1.165, 1.54) is 17.5 Å². The Morgan fingerprint density at radius 3 is 2.47 bits per heavy atom. The molecule has 0 spiro atoms. The molecule has 0 radical (unpaired) electrons. The van der Waals surface area contributed by atoms with Crippen LogP contribution >= 0.6 is 15.9 Å². The molecule has 2 unspecified atom stereocenters. The minimum atomic E-state index is -0.418. The lowest BCUT2D eigenvalue weighted by Crippen LogP contribution is -2.58. The van der Waals surface area contributed by atoms with Crippen LogP contribution in [0.4, 0.5) is 5.82 Å². The van der Waals surface area contributed by atoms with Crippen molar-refractivity contribution in [1.29, 1.82) is 0 Å². The molecule has 36 heavy (non-hydrogen) atoms. The van der Waals surface area contributed by atoms with Crippen molar-refractivity contribution in [2.75, 3.05) is 26.2 Å². The molecule has 192 valence electrons. The van der Waals surface area contributed by atoms with Gasteiger partial charge in [-0.15, -0.1) is 0 Å². The van der Waals surface area contributed by atoms with E-state index in [1.807, 2.05) is 4.68 Å². The van der Waals surface area contributed by atoms with Gasteiger partial charge < -0.3 is 15.0 Å². The van der Waals surface area contributed by atoms with Gasteiger partial charge in [0.25, 0.3) is 0 Å². The van der Waals surface area contributed by atoms with Gasteiger partial charge >= 0.3 is 5.82 Å². The Kier molecular flexibility index (Phi) is 5.98. The van der Waals surface area contributed by atoms with Crippen molar-refractivity contribution < 1.29 is 9.72 Å². The molecule has 4 saturated carbocycles. The number of rotatable bonds is 6. The molecule has 2 atom stereocenters. The zero-order valence-electron chi connectivity index (χ0n) is 20.9. The number of carbonyl (C=O) groups excluding carboxylic acids is 1. The van der Waals surface area contributed by atoms with Gasteiger partial charge in [-0.1, -0.05) is 24.3 Å². The van der Waals surface area contributed by atoms with Gasteiger partial charge in [0.05, 0.1) is 16.8 Å². The van der Waals surface area contributed by atoms with Gasteiger partial charge in [0, 0.05) is 39.1 Å². The molecule has 4 aliphatic carbocycles. The first-order chi connectivity index (χ1) is 17.2. The standard InChI is InChI=1S/C27H34BrN5O3/c1-19-4-2-3-5-22(19)16-30-6-8-31(9-7-30)24(34)15-26-11-20-10-21(12-26)14-27(13-20,18-26)32-17-23(28)25(29-32)33(35)36/h2-5,17,20-21H,6-16,18H2,1H3. The molecule has 5 fully saturated rings. The number of halogens is 1. The van der Waals surface area contributed by atoms with Gasteiger partial charge in [0.15, 0.2) is 0 Å². The third-order valence-electron chi connectivity index (χ3n) is 9.37. The van der Waals surface area contributed by atoms with Crippen molar-refractivity contribution in [2.45, 2.75) is 64.0 Å². The average molecular weight is 557 g/mol. The molecular weight excluding hydrogens is 522 g/mol. The first kappa shape index (κ1) is 24.1. The molecule has 2 heterocycles. The summed E-state index contributed by atoms with van der Waals surface area (Å²) in [5, 5.41) is 15.9. The van der Waals surface area contributed by atoms with Crippen LogP contribution in [-0.2, 0) is 16.9 Å². The number of aryl methyl sites for hydroxylation is 1. The molecule has 2 aromatic rings. The van der Waals surface area contributed by atoms with E-state index in [0.29, 0.717) is 22.7 Å². The highest BCUT2D eigenvalue weighted by Gasteiger charge is 2.60. The first-order valence-electron chi connectivity index (χ1n) is 13.2. The summed E-state index contributed by atoms with van der Waals surface area (Å²) in [6, 6.07) is 8.53. The Bertz CT molecular complexity index is 1170. The number of nitrogens with zero attached hydrogens (tertiary/aromatic N) is 5. The van der Waals surface area contributed by atoms with E-state index in [9.17, 15) is 14.9 Å². The van der Waals surface area contributed by atoms with Gasteiger partial charge in [0.2, 0.25) is 5.91 Å². The molecule has 1 amide bonds. The fourth-order valence-electron chi connectivity index (χ4n) is 8.20. The van der Waals surface area contributed by atoms with Crippen LogP contribution in [0.15, 0.2) is 34.9 Å². The van der Waals surface area contributed by atoms with Gasteiger partial charge in [-0.05, 0) is 94.7 Å². The Hall–Kier alpha value is -2.26. The lowest BCUT2D eigenvalue weighted by molar-refractivity contribution is -0.390. The third-order valence-corrected chi connectivity index (χ3v) is 9.93. The smallest absolute Gasteiger partial charge is 0.358 e. The zero-order chi connectivity index (χ0) is 25.1. The minimum Gasteiger partial charge on any atom is -0.358 e. The second kappa shape index (κ2) is 8.94. The Labute approximate surface area is 220 Å². The van der Waals surface area contributed by atoms with E-state index in [2.05, 4.69) is 62.0 Å². The monoisotopic (exact) mass is 555 g/mol. The molecule has 5 aliphatic rings. The molecule has 7 rings (SSSR count). The van der Waals surface area contributed by atoms with Crippen LogP contribution in [0.2, 0.25) is 0 Å². The molecule has 4 bridgehead atoms. The zero-order valence-corrected chi connectivity index (χ0v) is 22.5. The van der Waals surface area contributed by atoms with Crippen LogP contribution in [0.1, 0.15) is 56.1 Å². The highest BCUT2D eigenvalue weighted by atomic mass is 79.9. The average Bonchev–Trinajstić information content (AvgIpc) is 3.23. The normalized spacial score (nSPS) is 31.7. The summed E-state index contributed by atoms with van der Waals surface area (Å²) in [6.07, 6.45) is 8.77. The largest absolute Gasteiger partial charge is 0.404 e. The van der Waals surface area contributed by atoms with E-state index in [-0.39, 0.29) is 22.7 Å². The second-order valence-corrected chi connectivity index (χ2v) is 12.8. The summed E-state index contributed by atoms with van der Waals surface area (Å²) in [5.74, 6) is 1.33. The van der Waals surface area contributed by atoms with E-state index >= 15 is 0 Å². The summed E-state index contributed by atoms with van der Waals surface area (Å²) in [7, 11) is 0. The molecule has 1 aliphatic heterocycles. The number of hydrogen-bond acceptors (Lipinski definition) is 5. The molecule has 1 saturated heterocycles. The van der Waals surface area contributed by atoms with E-state index in [0.717, 1.165) is 64.8 Å². The van der Waals surface area contributed by atoms with E-state index in [1.54, 1.807) is 6.20 Å². The van der Waals surface area contributed by atoms with Crippen LogP contribution in [-0.4, -0.2) is 56.6 Å². The highest BCUT2D eigenvalue weighted by Crippen LogP contribution is 2.65. The number of piperazine rings is 1. The van der Waals surface area contributed by atoms with Crippen molar-refractivity contribution in [3.8, 4) is 0 Å². The number of benzene rings is 1. The quantitative estimate of drug-likeness (QED) is 0.374. The number of hydrogen-bond donors (Lipinski definition) is 0. The van der Waals surface area contributed by atoms with Crippen LogP contribution < -0.4 is 0 Å². The number of aromatic nitrogens is 2. The van der Waals surface area contributed by atoms with Gasteiger partial charge in [0.1, 0.15) is 4.47 Å². The maximum atomic E-state index is 13.6. The maximum Gasteiger partial charge on any atom is 0.404 e. The summed E-state index contributed by atoms with van der Waals surface area (Å²) < 4.78 is 2.33. The molecule has 0 N–H and O–H groups in total. The third kappa shape index (κ3) is 4.28. The fraction of sp³-hybridized carbons (Fsp3) is 0.630. The van der Waals surface area contributed by atoms with Crippen LogP contribution in [0.3, 0.4) is 0 Å². The number of nitro groups is 1. The summed E-state index contributed by atoms with van der Waals surface area (Å²) in [4.78, 5) is 29.1. The van der Waals surface area contributed by atoms with E-state index in [4.69, 9.17) is 0 Å². The summed E-state index contributed by atoms with van der Waals surface area (Å²) in [6.45, 7) is 6.50. The van der Waals surface area contributed by atoms with Crippen LogP contribution in [0, 0.1) is 34.3 Å². The lowest BCUT2D eigenvalue weighted by Gasteiger charge is -2.61. The second-order valence-electron chi connectivity index (χ2n) is 11.9. The van der Waals surface area contributed by atoms with E-state index < -0.39 is 4.92 Å². The van der Waals surface area contributed by atoms with Crippen molar-refractivity contribution in [2.24, 2.45) is 17.3 Å². The Morgan fingerprint density at radius 1 is 1.14 bits per heavy atom. The molecular formula is C27H34BrN5O3. The first-order valence-corrected chi connectivity index (χ1v) is 14.0. The highest BCUT2D eigenvalue weighted by molar-refractivity contribution is 9.10. The molecule has 1 aromatic heterocycles. The maximum absolute atomic E-state index is 13.6. The SMILES string of the molecule is Cc1ccccc1CN1CCN(C(=O)CC23CC4CC(C2)CC(n2cc(Br)c([N+](=O)[O-])n2)(C4)C3)CC1. The summed E-state index contributed by atoms with van der Waals surface area (Å²) in [5.41, 5.74) is 2.47. The Morgan fingerprint density at radius 2 is 1.83 bits per heavy atom. The van der Waals surface area contributed by atoms with Crippen molar-refractivity contribution in [3.05, 3.63) is 56.2 Å². The predicted octanol–water partition coefficient (Wildman–Crippen LogP) is 4.89. The number of amides is 1. The topological polar surface area (TPSA) is 84.5 Å². The van der Waals surface area contributed by atoms with Crippen molar-refractivity contribution in [1.82, 2.24) is 19.6 Å².